The molecule has 1 saturated heterocycles. The Kier molecular flexibility index (Phi) is 3.55. The molecule has 4 nitrogen and oxygen atoms in total. The molecule has 2 rings (SSSR count). The van der Waals surface area contributed by atoms with Crippen LogP contribution in [0.15, 0.2) is 18.2 Å². The van der Waals surface area contributed by atoms with E-state index in [1.807, 2.05) is 0 Å². The third-order valence-electron chi connectivity index (χ3n) is 3.49. The first-order chi connectivity index (χ1) is 8.90. The molecular weight excluding hydrogens is 247 g/mol. The van der Waals surface area contributed by atoms with Crippen molar-refractivity contribution in [2.75, 3.05) is 6.54 Å². The van der Waals surface area contributed by atoms with Gasteiger partial charge in [-0.2, -0.15) is 0 Å². The summed E-state index contributed by atoms with van der Waals surface area (Å²) < 4.78 is 13.6. The summed E-state index contributed by atoms with van der Waals surface area (Å²) in [4.78, 5) is 25.0. The molecule has 1 aromatic carbocycles. The highest BCUT2D eigenvalue weighted by atomic mass is 19.1. The fourth-order valence-corrected chi connectivity index (χ4v) is 2.21. The van der Waals surface area contributed by atoms with Gasteiger partial charge >= 0.3 is 0 Å². The second-order valence-corrected chi connectivity index (χ2v) is 4.94. The molecule has 0 spiro atoms. The number of carbonyl (C=O) groups is 2. The van der Waals surface area contributed by atoms with Crippen molar-refractivity contribution >= 4 is 11.8 Å². The molecule has 1 aliphatic rings. The van der Waals surface area contributed by atoms with Crippen LogP contribution in [-0.2, 0) is 9.59 Å². The van der Waals surface area contributed by atoms with Crippen LogP contribution in [0.2, 0.25) is 0 Å². The number of nitrogens with zero attached hydrogens (tertiary/aromatic N) is 1. The summed E-state index contributed by atoms with van der Waals surface area (Å²) in [6.07, 6.45) is 0. The number of aryl methyl sites for hydroxylation is 1. The Balaban J connectivity index is 2.27. The lowest BCUT2D eigenvalue weighted by molar-refractivity contribution is -0.145. The number of piperazine rings is 1. The average Bonchev–Trinajstić information content (AvgIpc) is 2.36. The Morgan fingerprint density at radius 3 is 2.74 bits per heavy atom. The fourth-order valence-electron chi connectivity index (χ4n) is 2.21. The molecule has 0 aromatic heterocycles. The molecule has 0 aliphatic carbocycles. The zero-order valence-corrected chi connectivity index (χ0v) is 11.2. The predicted molar refractivity (Wildman–Crippen MR) is 68.9 cm³/mol. The van der Waals surface area contributed by atoms with Crippen LogP contribution in [0.4, 0.5) is 4.39 Å². The van der Waals surface area contributed by atoms with Gasteiger partial charge in [0.25, 0.3) is 0 Å². The minimum atomic E-state index is -0.529. The van der Waals surface area contributed by atoms with Gasteiger partial charge in [0.05, 0.1) is 6.04 Å². The second kappa shape index (κ2) is 4.99. The van der Waals surface area contributed by atoms with Crippen LogP contribution in [-0.4, -0.2) is 29.3 Å². The van der Waals surface area contributed by atoms with Gasteiger partial charge in [0, 0.05) is 0 Å². The summed E-state index contributed by atoms with van der Waals surface area (Å²) in [5, 5.41) is 2.58. The van der Waals surface area contributed by atoms with Crippen molar-refractivity contribution in [3.63, 3.8) is 0 Å². The van der Waals surface area contributed by atoms with E-state index in [-0.39, 0.29) is 30.2 Å². The van der Waals surface area contributed by atoms with Crippen LogP contribution in [0, 0.1) is 12.7 Å². The maximum atomic E-state index is 13.6. The van der Waals surface area contributed by atoms with Crippen molar-refractivity contribution in [3.8, 4) is 0 Å². The molecule has 0 bridgehead atoms. The van der Waals surface area contributed by atoms with E-state index in [0.29, 0.717) is 11.1 Å². The van der Waals surface area contributed by atoms with Gasteiger partial charge in [-0.25, -0.2) is 4.39 Å². The first-order valence-electron chi connectivity index (χ1n) is 6.26. The van der Waals surface area contributed by atoms with E-state index in [4.69, 9.17) is 0 Å². The summed E-state index contributed by atoms with van der Waals surface area (Å²) in [6, 6.07) is 4.03. The average molecular weight is 264 g/mol. The van der Waals surface area contributed by atoms with E-state index in [1.54, 1.807) is 32.9 Å². The maximum Gasteiger partial charge on any atom is 0.245 e. The minimum Gasteiger partial charge on any atom is -0.343 e. The van der Waals surface area contributed by atoms with Gasteiger partial charge in [0.2, 0.25) is 11.8 Å². The molecule has 2 atom stereocenters. The van der Waals surface area contributed by atoms with Crippen LogP contribution in [0.1, 0.15) is 31.0 Å². The maximum absolute atomic E-state index is 13.6. The van der Waals surface area contributed by atoms with Crippen molar-refractivity contribution in [1.29, 1.82) is 0 Å². The first kappa shape index (κ1) is 13.5. The zero-order chi connectivity index (χ0) is 14.2. The van der Waals surface area contributed by atoms with E-state index in [2.05, 4.69) is 5.32 Å². The molecule has 2 unspecified atom stereocenters. The number of rotatable bonds is 2. The second-order valence-electron chi connectivity index (χ2n) is 4.94. The fraction of sp³-hybridized carbons (Fsp3) is 0.429. The highest BCUT2D eigenvalue weighted by Crippen LogP contribution is 2.24. The first-order valence-corrected chi connectivity index (χ1v) is 6.26. The molecule has 1 N–H and O–H groups in total. The molecule has 0 saturated carbocycles. The summed E-state index contributed by atoms with van der Waals surface area (Å²) in [5.74, 6) is -0.633. The summed E-state index contributed by atoms with van der Waals surface area (Å²) in [6.45, 7) is 5.15. The smallest absolute Gasteiger partial charge is 0.245 e. The standard InChI is InChI=1S/C14H17FN2O2/c1-8-4-5-11(6-12(8)15)10(3)17-7-13(18)16-9(2)14(17)19/h4-6,9-10H,7H2,1-3H3,(H,16,18). The third-order valence-corrected chi connectivity index (χ3v) is 3.49. The van der Waals surface area contributed by atoms with Crippen LogP contribution < -0.4 is 5.32 Å². The lowest BCUT2D eigenvalue weighted by atomic mass is 10.0. The summed E-state index contributed by atoms with van der Waals surface area (Å²) in [5.41, 5.74) is 1.25. The Hall–Kier alpha value is -1.91. The van der Waals surface area contributed by atoms with Gasteiger partial charge < -0.3 is 10.2 Å². The van der Waals surface area contributed by atoms with Gasteiger partial charge in [-0.15, -0.1) is 0 Å². The van der Waals surface area contributed by atoms with E-state index < -0.39 is 6.04 Å². The lowest BCUT2D eigenvalue weighted by Gasteiger charge is -2.35. The molecule has 1 aromatic rings. The van der Waals surface area contributed by atoms with E-state index in [0.717, 1.165) is 0 Å². The van der Waals surface area contributed by atoms with Crippen LogP contribution in [0.5, 0.6) is 0 Å². The molecule has 1 aliphatic heterocycles. The Bertz CT molecular complexity index is 530. The highest BCUT2D eigenvalue weighted by Gasteiger charge is 2.33. The van der Waals surface area contributed by atoms with Gasteiger partial charge in [-0.05, 0) is 38.0 Å². The normalized spacial score (nSPS) is 21.3. The van der Waals surface area contributed by atoms with Gasteiger partial charge in [0.1, 0.15) is 18.4 Å². The molecular formula is C14H17FN2O2. The SMILES string of the molecule is Cc1ccc(C(C)N2CC(=O)NC(C)C2=O)cc1F. The zero-order valence-electron chi connectivity index (χ0n) is 11.2. The number of nitrogens with one attached hydrogen (secondary N) is 1. The van der Waals surface area contributed by atoms with Crippen molar-refractivity contribution in [1.82, 2.24) is 10.2 Å². The number of hydrogen-bond acceptors (Lipinski definition) is 2. The number of hydrogen-bond donors (Lipinski definition) is 1. The van der Waals surface area contributed by atoms with E-state index in [1.165, 1.54) is 11.0 Å². The summed E-state index contributed by atoms with van der Waals surface area (Å²) >= 11 is 0. The van der Waals surface area contributed by atoms with Crippen molar-refractivity contribution in [2.24, 2.45) is 0 Å². The summed E-state index contributed by atoms with van der Waals surface area (Å²) in [7, 11) is 0. The lowest BCUT2D eigenvalue weighted by Crippen LogP contribution is -2.57. The van der Waals surface area contributed by atoms with Gasteiger partial charge in [-0.3, -0.25) is 9.59 Å². The number of benzene rings is 1. The van der Waals surface area contributed by atoms with E-state index in [9.17, 15) is 14.0 Å². The van der Waals surface area contributed by atoms with Gasteiger partial charge in [0.15, 0.2) is 0 Å². The molecule has 5 heteroatoms. The highest BCUT2D eigenvalue weighted by molar-refractivity contribution is 5.94. The van der Waals surface area contributed by atoms with Crippen LogP contribution in [0.3, 0.4) is 0 Å². The Morgan fingerprint density at radius 2 is 2.11 bits per heavy atom. The topological polar surface area (TPSA) is 49.4 Å². The molecule has 0 radical (unpaired) electrons. The monoisotopic (exact) mass is 264 g/mol. The predicted octanol–water partition coefficient (Wildman–Crippen LogP) is 1.54. The number of amides is 2. The van der Waals surface area contributed by atoms with E-state index >= 15 is 0 Å². The Labute approximate surface area is 111 Å². The van der Waals surface area contributed by atoms with Crippen molar-refractivity contribution in [3.05, 3.63) is 35.1 Å². The number of halogens is 1. The molecule has 1 fully saturated rings. The van der Waals surface area contributed by atoms with Crippen LogP contribution >= 0.6 is 0 Å². The quantitative estimate of drug-likeness (QED) is 0.881. The molecule has 19 heavy (non-hydrogen) atoms. The van der Waals surface area contributed by atoms with Crippen molar-refractivity contribution in [2.45, 2.75) is 32.9 Å². The van der Waals surface area contributed by atoms with Crippen LogP contribution in [0.25, 0.3) is 0 Å². The minimum absolute atomic E-state index is 0.0137. The molecule has 1 heterocycles. The van der Waals surface area contributed by atoms with Gasteiger partial charge in [-0.1, -0.05) is 12.1 Å². The largest absolute Gasteiger partial charge is 0.343 e. The van der Waals surface area contributed by atoms with Crippen molar-refractivity contribution < 1.29 is 14.0 Å². The number of carbonyl (C=O) groups excluding carboxylic acids is 2. The Morgan fingerprint density at radius 1 is 1.42 bits per heavy atom. The third kappa shape index (κ3) is 2.59. The molecule has 102 valence electrons. The molecule has 2 amide bonds.